The fourth-order valence-electron chi connectivity index (χ4n) is 2.11. The molecule has 0 fully saturated rings. The summed E-state index contributed by atoms with van der Waals surface area (Å²) in [6, 6.07) is 5.32. The number of carbonyl (C=O) groups excluding carboxylic acids is 2. The smallest absolute Gasteiger partial charge is 0.328 e. The van der Waals surface area contributed by atoms with Crippen molar-refractivity contribution in [3.63, 3.8) is 0 Å². The average molecular weight is 321 g/mol. The molecule has 5 nitrogen and oxygen atoms in total. The number of benzene rings is 1. The molecular weight excluding hydrogens is 294 g/mol. The summed E-state index contributed by atoms with van der Waals surface area (Å²) >= 11 is 0. The van der Waals surface area contributed by atoms with Gasteiger partial charge in [0.25, 0.3) is 5.91 Å². The zero-order valence-electron chi connectivity index (χ0n) is 14.8. The van der Waals surface area contributed by atoms with Crippen LogP contribution in [0.3, 0.4) is 0 Å². The molecule has 1 aromatic rings. The molecule has 1 atom stereocenters. The molecule has 0 aromatic heterocycles. The van der Waals surface area contributed by atoms with Crippen molar-refractivity contribution in [2.75, 3.05) is 13.7 Å². The predicted molar refractivity (Wildman–Crippen MR) is 89.5 cm³/mol. The van der Waals surface area contributed by atoms with Crippen LogP contribution in [0.15, 0.2) is 18.2 Å². The Morgan fingerprint density at radius 3 is 2.35 bits per heavy atom. The van der Waals surface area contributed by atoms with Crippen molar-refractivity contribution in [2.24, 2.45) is 5.92 Å². The maximum absolute atomic E-state index is 12.0. The molecule has 0 saturated carbocycles. The van der Waals surface area contributed by atoms with Gasteiger partial charge in [-0.15, -0.1) is 0 Å². The molecule has 0 aliphatic carbocycles. The van der Waals surface area contributed by atoms with Crippen molar-refractivity contribution in [1.29, 1.82) is 0 Å². The Bertz CT molecular complexity index is 552. The topological polar surface area (TPSA) is 64.6 Å². The summed E-state index contributed by atoms with van der Waals surface area (Å²) in [5.74, 6) is 0.217. The summed E-state index contributed by atoms with van der Waals surface area (Å²) in [6.45, 7) is 9.69. The summed E-state index contributed by atoms with van der Waals surface area (Å²) in [5, 5.41) is 2.66. The summed E-state index contributed by atoms with van der Waals surface area (Å²) in [6.07, 6.45) is 0. The van der Waals surface area contributed by atoms with E-state index in [0.717, 1.165) is 11.1 Å². The number of ether oxygens (including phenoxy) is 2. The number of methoxy groups -OCH3 is 1. The van der Waals surface area contributed by atoms with E-state index in [0.29, 0.717) is 11.7 Å². The Labute approximate surface area is 138 Å². The molecule has 0 saturated heterocycles. The van der Waals surface area contributed by atoms with E-state index in [1.807, 2.05) is 32.9 Å². The lowest BCUT2D eigenvalue weighted by atomic mass is 10.0. The predicted octanol–water partition coefficient (Wildman–Crippen LogP) is 2.81. The summed E-state index contributed by atoms with van der Waals surface area (Å²) < 4.78 is 10.3. The van der Waals surface area contributed by atoms with Gasteiger partial charge in [-0.3, -0.25) is 4.79 Å². The number of aryl methyl sites for hydroxylation is 1. The zero-order valence-corrected chi connectivity index (χ0v) is 14.8. The van der Waals surface area contributed by atoms with Gasteiger partial charge in [-0.2, -0.15) is 0 Å². The van der Waals surface area contributed by atoms with E-state index in [-0.39, 0.29) is 18.4 Å². The molecule has 1 aromatic carbocycles. The van der Waals surface area contributed by atoms with E-state index in [1.54, 1.807) is 0 Å². The quantitative estimate of drug-likeness (QED) is 0.784. The van der Waals surface area contributed by atoms with Crippen LogP contribution in [0, 0.1) is 12.8 Å². The van der Waals surface area contributed by atoms with Gasteiger partial charge in [0.05, 0.1) is 7.11 Å². The molecule has 0 heterocycles. The summed E-state index contributed by atoms with van der Waals surface area (Å²) in [4.78, 5) is 23.7. The van der Waals surface area contributed by atoms with Crippen molar-refractivity contribution >= 4 is 11.9 Å². The normalized spacial score (nSPS) is 12.2. The molecular formula is C18H27NO4. The highest BCUT2D eigenvalue weighted by atomic mass is 16.5. The average Bonchev–Trinajstić information content (AvgIpc) is 2.50. The Morgan fingerprint density at radius 1 is 1.17 bits per heavy atom. The molecule has 1 rings (SSSR count). The minimum absolute atomic E-state index is 0.0580. The SMILES string of the molecule is COC(=O)C(NC(=O)COc1cc(C(C)C)ccc1C)C(C)C. The Hall–Kier alpha value is -2.04. The van der Waals surface area contributed by atoms with Crippen LogP contribution in [-0.4, -0.2) is 31.6 Å². The van der Waals surface area contributed by atoms with Crippen molar-refractivity contribution in [1.82, 2.24) is 5.32 Å². The third-order valence-corrected chi connectivity index (χ3v) is 3.68. The second kappa shape index (κ2) is 8.56. The largest absolute Gasteiger partial charge is 0.483 e. The lowest BCUT2D eigenvalue weighted by molar-refractivity contribution is -0.146. The van der Waals surface area contributed by atoms with Crippen molar-refractivity contribution in [3.8, 4) is 5.75 Å². The minimum Gasteiger partial charge on any atom is -0.483 e. The van der Waals surface area contributed by atoms with Gasteiger partial charge in [-0.05, 0) is 36.0 Å². The van der Waals surface area contributed by atoms with E-state index in [4.69, 9.17) is 9.47 Å². The Kier molecular flexibility index (Phi) is 7.07. The van der Waals surface area contributed by atoms with Crippen LogP contribution in [-0.2, 0) is 14.3 Å². The number of amides is 1. The third kappa shape index (κ3) is 5.58. The van der Waals surface area contributed by atoms with Gasteiger partial charge in [0.2, 0.25) is 0 Å². The van der Waals surface area contributed by atoms with Crippen LogP contribution >= 0.6 is 0 Å². The van der Waals surface area contributed by atoms with Crippen molar-refractivity contribution < 1.29 is 19.1 Å². The first-order chi connectivity index (χ1) is 10.8. The van der Waals surface area contributed by atoms with E-state index in [1.165, 1.54) is 7.11 Å². The van der Waals surface area contributed by atoms with Gasteiger partial charge in [-0.25, -0.2) is 4.79 Å². The second-order valence-electron chi connectivity index (χ2n) is 6.28. The molecule has 1 unspecified atom stereocenters. The van der Waals surface area contributed by atoms with E-state index in [9.17, 15) is 9.59 Å². The standard InChI is InChI=1S/C18H27NO4/c1-11(2)14-8-7-13(5)15(9-14)23-10-16(20)19-17(12(3)4)18(21)22-6/h7-9,11-12,17H,10H2,1-6H3,(H,19,20). The lowest BCUT2D eigenvalue weighted by Crippen LogP contribution is -2.46. The Balaban J connectivity index is 2.69. The molecule has 0 spiro atoms. The summed E-state index contributed by atoms with van der Waals surface area (Å²) in [5.41, 5.74) is 2.12. The third-order valence-electron chi connectivity index (χ3n) is 3.68. The number of hydrogen-bond acceptors (Lipinski definition) is 4. The molecule has 5 heteroatoms. The van der Waals surface area contributed by atoms with Crippen LogP contribution in [0.5, 0.6) is 5.75 Å². The highest BCUT2D eigenvalue weighted by molar-refractivity contribution is 5.85. The van der Waals surface area contributed by atoms with Crippen LogP contribution in [0.2, 0.25) is 0 Å². The van der Waals surface area contributed by atoms with Crippen LogP contribution in [0.25, 0.3) is 0 Å². The second-order valence-corrected chi connectivity index (χ2v) is 6.28. The minimum atomic E-state index is -0.667. The van der Waals surface area contributed by atoms with Gasteiger partial charge >= 0.3 is 5.97 Å². The maximum Gasteiger partial charge on any atom is 0.328 e. The fraction of sp³-hybridized carbons (Fsp3) is 0.556. The molecule has 0 aliphatic heterocycles. The molecule has 0 aliphatic rings. The lowest BCUT2D eigenvalue weighted by Gasteiger charge is -2.20. The molecule has 23 heavy (non-hydrogen) atoms. The number of hydrogen-bond donors (Lipinski definition) is 1. The van der Waals surface area contributed by atoms with Gasteiger partial charge < -0.3 is 14.8 Å². The van der Waals surface area contributed by atoms with Gasteiger partial charge in [0.15, 0.2) is 6.61 Å². The van der Waals surface area contributed by atoms with Crippen LogP contribution in [0.4, 0.5) is 0 Å². The van der Waals surface area contributed by atoms with E-state index in [2.05, 4.69) is 25.2 Å². The van der Waals surface area contributed by atoms with Crippen LogP contribution in [0.1, 0.15) is 44.7 Å². The number of esters is 1. The Morgan fingerprint density at radius 2 is 1.83 bits per heavy atom. The van der Waals surface area contributed by atoms with E-state index < -0.39 is 12.0 Å². The molecule has 128 valence electrons. The first-order valence-corrected chi connectivity index (χ1v) is 7.86. The van der Waals surface area contributed by atoms with E-state index >= 15 is 0 Å². The van der Waals surface area contributed by atoms with Crippen LogP contribution < -0.4 is 10.1 Å². The maximum atomic E-state index is 12.0. The molecule has 1 N–H and O–H groups in total. The van der Waals surface area contributed by atoms with Gasteiger partial charge in [-0.1, -0.05) is 39.8 Å². The first-order valence-electron chi connectivity index (χ1n) is 7.86. The monoisotopic (exact) mass is 321 g/mol. The number of nitrogens with one attached hydrogen (secondary N) is 1. The number of carbonyl (C=O) groups is 2. The highest BCUT2D eigenvalue weighted by Gasteiger charge is 2.25. The van der Waals surface area contributed by atoms with Gasteiger partial charge in [0, 0.05) is 0 Å². The van der Waals surface area contributed by atoms with Gasteiger partial charge in [0.1, 0.15) is 11.8 Å². The van der Waals surface area contributed by atoms with Crippen molar-refractivity contribution in [2.45, 2.75) is 46.6 Å². The fourth-order valence-corrected chi connectivity index (χ4v) is 2.11. The number of rotatable bonds is 7. The molecule has 0 radical (unpaired) electrons. The highest BCUT2D eigenvalue weighted by Crippen LogP contribution is 2.24. The molecule has 0 bridgehead atoms. The van der Waals surface area contributed by atoms with Crippen molar-refractivity contribution in [3.05, 3.63) is 29.3 Å². The zero-order chi connectivity index (χ0) is 17.6. The first kappa shape index (κ1) is 19.0. The molecule has 1 amide bonds. The summed E-state index contributed by atoms with van der Waals surface area (Å²) in [7, 11) is 1.31.